The second kappa shape index (κ2) is 64.0. The fourth-order valence-electron chi connectivity index (χ4n) is 12.1. The van der Waals surface area contributed by atoms with E-state index in [0.29, 0.717) is 29.9 Å². The maximum absolute atomic E-state index is 12.5. The van der Waals surface area contributed by atoms with Crippen LogP contribution in [0.2, 0.25) is 0 Å². The van der Waals surface area contributed by atoms with Gasteiger partial charge in [-0.25, -0.2) is 0 Å². The first-order valence-electron chi connectivity index (χ1n) is 35.7. The quantitative estimate of drug-likeness (QED) is 0.0201. The van der Waals surface area contributed by atoms with Crippen molar-refractivity contribution < 1.29 is 104 Å². The summed E-state index contributed by atoms with van der Waals surface area (Å²) in [4.78, 5) is 40.6. The smallest absolute Gasteiger partial charge is 1.00 e. The number of aldehydes is 1. The summed E-state index contributed by atoms with van der Waals surface area (Å²) in [7, 11) is 4.04. The standard InChI is InChI=1S/C20H20BrNO.C20H18BrNO.C20H18BrN.C12H9BrO.C9H11Br.C7H5BrO.CH2Cl2.CH5N.CH4O.2CH4.2B.2Na.H2O4S.2H/c2*1-22(13-15-5-4-8-19(21)11-15)14-20(23)18-10-9-16-6-2-3-7-17(16)12-18;1-22-12-17-11-18(21)8-9-19(17)20(13-22)16-7-6-14-4-2-3-5-15(14)10-16;13-8-12(14)11-6-5-9-3-1-2-4-10(9)7-11;1-2-4-8-5-3-6-9(10)7-8;8-7-3-1-2-6(4-7)5-9;2-1-3;2*1-2;;;;;;;1-5(2,3)4;;/h2-12,20,23H,13-14H2,1H3;2-12H,13-14H2,1H3;2-11,20H,12-13H2,1H3;1-7H,8H2;3,5-7H,2,4H2,1H3;1-5H;1H2;2H2,1H3;2H,1H3;2*1H4;;;;;(H2,1,2,3,4);;/q;;;;;;;;;;;;;2*+1;;2*-1. The number of aliphatic hydroxyl groups is 2. The molecule has 13 nitrogen and oxygen atoms in total. The van der Waals surface area contributed by atoms with E-state index in [1.54, 1.807) is 12.1 Å². The van der Waals surface area contributed by atoms with E-state index >= 15 is 0 Å². The van der Waals surface area contributed by atoms with Crippen LogP contribution >= 0.6 is 119 Å². The number of nitrogens with two attached hydrogens (primary N) is 1. The molecule has 0 spiro atoms. The number of nitrogens with zero attached hydrogens (tertiary/aromatic N) is 3. The Balaban J connectivity index is -0.000000668. The Morgan fingerprint density at radius 2 is 0.899 bits per heavy atom. The third-order valence-electron chi connectivity index (χ3n) is 17.0. The van der Waals surface area contributed by atoms with Gasteiger partial charge < -0.3 is 23.7 Å². The predicted octanol–water partition coefficient (Wildman–Crippen LogP) is 18.6. The van der Waals surface area contributed by atoms with E-state index in [0.717, 1.165) is 85.8 Å². The van der Waals surface area contributed by atoms with E-state index in [1.165, 1.54) is 89.1 Å². The molecule has 0 bridgehead atoms. The van der Waals surface area contributed by atoms with Gasteiger partial charge >= 0.3 is 69.5 Å². The van der Waals surface area contributed by atoms with E-state index < -0.39 is 16.5 Å². The molecule has 14 rings (SSSR count). The van der Waals surface area contributed by atoms with Crippen molar-refractivity contribution in [2.45, 2.75) is 66.3 Å². The summed E-state index contributed by atoms with van der Waals surface area (Å²) in [5.41, 5.74) is 15.8. The first-order chi connectivity index (χ1) is 54.3. The zero-order chi connectivity index (χ0) is 82.8. The number of halogens is 8. The van der Waals surface area contributed by atoms with Crippen LogP contribution in [0.25, 0.3) is 43.1 Å². The first kappa shape index (κ1) is 116. The predicted molar refractivity (Wildman–Crippen MR) is 520 cm³/mol. The molecule has 2 unspecified atom stereocenters. The molecular formula is C93H104B2Br6Cl2N4Na2O9S. The normalized spacial score (nSPS) is 11.5. The molecule has 1 aliphatic rings. The topological polar surface area (TPSA) is 202 Å². The number of carbonyl (C=O) groups is 3. The van der Waals surface area contributed by atoms with Crippen LogP contribution in [-0.2, 0) is 36.5 Å². The molecule has 13 aromatic carbocycles. The van der Waals surface area contributed by atoms with Gasteiger partial charge in [0.05, 0.1) is 23.3 Å². The van der Waals surface area contributed by atoms with Crippen molar-refractivity contribution in [2.24, 2.45) is 5.73 Å². The van der Waals surface area contributed by atoms with Crippen molar-refractivity contribution in [3.63, 3.8) is 0 Å². The van der Waals surface area contributed by atoms with Gasteiger partial charge in [0, 0.05) is 102 Å². The van der Waals surface area contributed by atoms with E-state index in [-0.39, 0.29) is 111 Å². The fraction of sp³-hybridized carbons (Fsp3) is 0.215. The van der Waals surface area contributed by atoms with Crippen LogP contribution in [0.1, 0.15) is 113 Å². The molecule has 2 atom stereocenters. The van der Waals surface area contributed by atoms with Crippen molar-refractivity contribution in [1.82, 2.24) is 14.7 Å². The number of likely N-dealkylation sites (N-methyl/N-ethyl adjacent to an activating group) is 3. The number of carbonyl (C=O) groups excluding carboxylic acids is 3. The van der Waals surface area contributed by atoms with Crippen molar-refractivity contribution in [2.75, 3.05) is 65.6 Å². The van der Waals surface area contributed by atoms with Crippen LogP contribution in [0.3, 0.4) is 0 Å². The number of hydrogen-bond donors (Lipinski definition) is 5. The van der Waals surface area contributed by atoms with Crippen LogP contribution in [0.4, 0.5) is 0 Å². The molecule has 0 aliphatic carbocycles. The van der Waals surface area contributed by atoms with Gasteiger partial charge in [0.15, 0.2) is 11.6 Å². The largest absolute Gasteiger partial charge is 1.00 e. The van der Waals surface area contributed by atoms with E-state index in [9.17, 15) is 19.5 Å². The number of Topliss-reactive ketones (excluding diaryl/α,β-unsaturated/α-hetero) is 2. The minimum atomic E-state index is -4.67. The number of aliphatic hydroxyl groups excluding tert-OH is 2. The second-order valence-electron chi connectivity index (χ2n) is 25.7. The number of aryl methyl sites for hydroxylation is 1. The Bertz CT molecular complexity index is 5260. The molecule has 26 heteroatoms. The van der Waals surface area contributed by atoms with Gasteiger partial charge in [0.25, 0.3) is 0 Å². The number of ketones is 2. The Kier molecular flexibility index (Phi) is 62.4. The molecule has 119 heavy (non-hydrogen) atoms. The van der Waals surface area contributed by atoms with Gasteiger partial charge in [-0.2, -0.15) is 8.42 Å². The Morgan fingerprint density at radius 3 is 1.33 bits per heavy atom. The maximum atomic E-state index is 12.5. The number of alkyl halides is 3. The summed E-state index contributed by atoms with van der Waals surface area (Å²) in [6.45, 7) is 6.87. The van der Waals surface area contributed by atoms with Gasteiger partial charge in [0.2, 0.25) is 0 Å². The second-order valence-corrected chi connectivity index (χ2v) is 32.5. The van der Waals surface area contributed by atoms with Crippen LogP contribution in [0.5, 0.6) is 0 Å². The van der Waals surface area contributed by atoms with E-state index in [1.807, 2.05) is 152 Å². The summed E-state index contributed by atoms with van der Waals surface area (Å²) >= 11 is 29.9. The van der Waals surface area contributed by atoms with E-state index in [2.05, 4.69) is 265 Å². The Hall–Kier alpha value is -4.87. The average Bonchev–Trinajstić information content (AvgIpc) is 0.781. The average molecular weight is 2070 g/mol. The molecule has 620 valence electrons. The molecule has 0 aromatic heterocycles. The summed E-state index contributed by atoms with van der Waals surface area (Å²) < 4.78 is 37.0. The number of benzene rings is 13. The van der Waals surface area contributed by atoms with Crippen LogP contribution < -0.4 is 64.8 Å². The van der Waals surface area contributed by atoms with Crippen LogP contribution in [0, 0.1) is 0 Å². The monoisotopic (exact) mass is 2060 g/mol. The van der Waals surface area contributed by atoms with Crippen molar-refractivity contribution >= 4 is 207 Å². The molecule has 1 aliphatic heterocycles. The Labute approximate surface area is 817 Å². The third-order valence-corrected chi connectivity index (χ3v) is 20.0. The Morgan fingerprint density at radius 1 is 0.521 bits per heavy atom. The SMILES string of the molecule is C.C.CCCc1cccc(Br)c1.CN.CN(CC(=O)c1ccc2ccccc2c1)Cc1cccc(Br)c1.CN(Cc1cccc(Br)c1)CC(O)c1ccc2ccccc2c1.CN1Cc2cc(Br)ccc2C(c2ccc3ccccc3c2)C1.CO.ClCCl.O=C(CBr)c1ccc2ccccc2c1.O=Cc1cccc(Br)c1.O=S(=O)(O)O.[B].[B].[H-].[H-].[Na+].[Na+]. The van der Waals surface area contributed by atoms with Crippen LogP contribution in [-0.4, -0.2) is 143 Å². The maximum Gasteiger partial charge on any atom is 1.00 e. The summed E-state index contributed by atoms with van der Waals surface area (Å²) in [5, 5.41) is 27.6. The first-order valence-corrected chi connectivity index (χ1v) is 43.2. The molecule has 0 saturated heterocycles. The summed E-state index contributed by atoms with van der Waals surface area (Å²) in [6.07, 6.45) is 2.73. The molecule has 1 heterocycles. The van der Waals surface area contributed by atoms with Gasteiger partial charge in [-0.15, -0.1) is 23.2 Å². The van der Waals surface area contributed by atoms with Crippen molar-refractivity contribution in [3.05, 3.63) is 363 Å². The molecule has 0 amide bonds. The molecule has 0 saturated carbocycles. The van der Waals surface area contributed by atoms with Gasteiger partial charge in [-0.1, -0.05) is 330 Å². The number of rotatable bonds is 16. The minimum Gasteiger partial charge on any atom is -1.00 e. The van der Waals surface area contributed by atoms with Gasteiger partial charge in [0.1, 0.15) is 6.29 Å². The molecule has 6 radical (unpaired) electrons. The van der Waals surface area contributed by atoms with Gasteiger partial charge in [-0.3, -0.25) is 33.3 Å². The summed E-state index contributed by atoms with van der Waals surface area (Å²) in [6, 6.07) is 96.5. The van der Waals surface area contributed by atoms with Crippen molar-refractivity contribution in [3.8, 4) is 0 Å². The fourth-order valence-corrected chi connectivity index (χ4v) is 14.5. The molecule has 6 N–H and O–H groups in total. The zero-order valence-electron chi connectivity index (χ0n) is 68.8. The van der Waals surface area contributed by atoms with Gasteiger partial charge in [-0.05, 0) is 196 Å². The van der Waals surface area contributed by atoms with E-state index in [4.69, 9.17) is 45.8 Å². The number of fused-ring (bicyclic) bond motifs is 5. The number of hydrogen-bond acceptors (Lipinski definition) is 11. The van der Waals surface area contributed by atoms with Crippen LogP contribution in [0.15, 0.2) is 307 Å². The zero-order valence-corrected chi connectivity index (χ0v) is 82.6. The third kappa shape index (κ3) is 43.5. The molecule has 0 fully saturated rings. The molecular weight excluding hydrogens is 1970 g/mol. The van der Waals surface area contributed by atoms with Crippen molar-refractivity contribution in [1.29, 1.82) is 0 Å². The molecule has 13 aromatic rings. The minimum absolute atomic E-state index is 0. The summed E-state index contributed by atoms with van der Waals surface area (Å²) in [5.74, 6) is 0.718.